The molecule has 0 bridgehead atoms. The van der Waals surface area contributed by atoms with Crippen LogP contribution in [0.5, 0.6) is 11.5 Å². The maximum Gasteiger partial charge on any atom is 0.128 e. The van der Waals surface area contributed by atoms with E-state index in [0.29, 0.717) is 13.0 Å². The Morgan fingerprint density at radius 3 is 2.64 bits per heavy atom. The third-order valence-corrected chi connectivity index (χ3v) is 4.04. The average molecular weight is 334 g/mol. The number of aromatic nitrogens is 4. The second-order valence-corrected chi connectivity index (χ2v) is 5.76. The third-order valence-electron chi connectivity index (χ3n) is 4.04. The number of aromatic amines is 1. The molecule has 0 saturated heterocycles. The fraction of sp³-hybridized carbons (Fsp3) is 0.158. The van der Waals surface area contributed by atoms with Crippen LogP contribution >= 0.6 is 0 Å². The number of rotatable bonds is 6. The summed E-state index contributed by atoms with van der Waals surface area (Å²) in [5.41, 5.74) is 3.07. The molecular formula is C19H18N4O2. The predicted octanol–water partition coefficient (Wildman–Crippen LogP) is 3.60. The molecule has 2 N–H and O–H groups in total. The number of aliphatic hydroxyl groups is 1. The van der Waals surface area contributed by atoms with E-state index >= 15 is 0 Å². The van der Waals surface area contributed by atoms with Gasteiger partial charge in [-0.15, -0.1) is 0 Å². The van der Waals surface area contributed by atoms with E-state index in [0.717, 1.165) is 33.7 Å². The van der Waals surface area contributed by atoms with E-state index in [9.17, 15) is 0 Å². The molecule has 2 heterocycles. The van der Waals surface area contributed by atoms with Gasteiger partial charge < -0.3 is 9.84 Å². The molecule has 126 valence electrons. The molecule has 6 heteroatoms. The number of benzene rings is 2. The molecule has 0 aliphatic rings. The summed E-state index contributed by atoms with van der Waals surface area (Å²) in [7, 11) is 0. The Morgan fingerprint density at radius 1 is 1.04 bits per heavy atom. The van der Waals surface area contributed by atoms with Gasteiger partial charge in [0.25, 0.3) is 0 Å². The maximum absolute atomic E-state index is 8.96. The highest BCUT2D eigenvalue weighted by molar-refractivity contribution is 5.80. The Morgan fingerprint density at radius 2 is 1.88 bits per heavy atom. The van der Waals surface area contributed by atoms with Crippen LogP contribution < -0.4 is 4.74 Å². The fourth-order valence-corrected chi connectivity index (χ4v) is 2.78. The van der Waals surface area contributed by atoms with Crippen molar-refractivity contribution in [3.8, 4) is 22.8 Å². The van der Waals surface area contributed by atoms with E-state index in [1.807, 2.05) is 59.4 Å². The average Bonchev–Trinajstić information content (AvgIpc) is 3.30. The van der Waals surface area contributed by atoms with Gasteiger partial charge in [-0.25, -0.2) is 0 Å². The first-order chi connectivity index (χ1) is 12.3. The van der Waals surface area contributed by atoms with Crippen LogP contribution in [0.1, 0.15) is 6.42 Å². The minimum Gasteiger partial charge on any atom is -0.457 e. The standard InChI is InChI=1S/C19H18N4O2/c24-11-1-10-23-19-7-6-17(12-15(19)13-21-23)25-16-4-2-14(3-5-16)18-8-9-20-22-18/h2-9,12-13,24H,1,10-11H2,(H,20,22). The molecule has 25 heavy (non-hydrogen) atoms. The van der Waals surface area contributed by atoms with Crippen molar-refractivity contribution in [2.75, 3.05) is 6.61 Å². The number of nitrogens with zero attached hydrogens (tertiary/aromatic N) is 3. The summed E-state index contributed by atoms with van der Waals surface area (Å²) in [6.07, 6.45) is 4.24. The quantitative estimate of drug-likeness (QED) is 0.565. The van der Waals surface area contributed by atoms with E-state index in [-0.39, 0.29) is 6.61 Å². The van der Waals surface area contributed by atoms with Crippen molar-refractivity contribution < 1.29 is 9.84 Å². The van der Waals surface area contributed by atoms with Crippen LogP contribution in [0.4, 0.5) is 0 Å². The summed E-state index contributed by atoms with van der Waals surface area (Å²) >= 11 is 0. The van der Waals surface area contributed by atoms with Gasteiger partial charge >= 0.3 is 0 Å². The molecule has 4 rings (SSSR count). The topological polar surface area (TPSA) is 76.0 Å². The highest BCUT2D eigenvalue weighted by atomic mass is 16.5. The lowest BCUT2D eigenvalue weighted by molar-refractivity contribution is 0.278. The van der Waals surface area contributed by atoms with Crippen molar-refractivity contribution in [2.24, 2.45) is 0 Å². The van der Waals surface area contributed by atoms with Crippen LogP contribution in [-0.2, 0) is 6.54 Å². The van der Waals surface area contributed by atoms with Gasteiger partial charge in [0.1, 0.15) is 11.5 Å². The van der Waals surface area contributed by atoms with Gasteiger partial charge in [-0.2, -0.15) is 10.2 Å². The number of hydrogen-bond acceptors (Lipinski definition) is 4. The van der Waals surface area contributed by atoms with Gasteiger partial charge in [0.05, 0.1) is 17.4 Å². The summed E-state index contributed by atoms with van der Waals surface area (Å²) < 4.78 is 7.84. The fourth-order valence-electron chi connectivity index (χ4n) is 2.78. The third kappa shape index (κ3) is 3.25. The molecule has 0 saturated carbocycles. The van der Waals surface area contributed by atoms with Crippen molar-refractivity contribution >= 4 is 10.9 Å². The highest BCUT2D eigenvalue weighted by Crippen LogP contribution is 2.27. The number of ether oxygens (including phenoxy) is 1. The first kappa shape index (κ1) is 15.4. The summed E-state index contributed by atoms with van der Waals surface area (Å²) in [5, 5.41) is 21.2. The Kier molecular flexibility index (Phi) is 4.18. The van der Waals surface area contributed by atoms with Crippen LogP contribution in [0.25, 0.3) is 22.2 Å². The van der Waals surface area contributed by atoms with Crippen molar-refractivity contribution in [2.45, 2.75) is 13.0 Å². The lowest BCUT2D eigenvalue weighted by Gasteiger charge is -2.07. The second kappa shape index (κ2) is 6.78. The molecule has 0 unspecified atom stereocenters. The van der Waals surface area contributed by atoms with Crippen molar-refractivity contribution in [1.82, 2.24) is 20.0 Å². The molecule has 4 aromatic rings. The van der Waals surface area contributed by atoms with Gasteiger partial charge in [0, 0.05) is 24.7 Å². The zero-order valence-corrected chi connectivity index (χ0v) is 13.6. The molecule has 2 aromatic carbocycles. The number of nitrogens with one attached hydrogen (secondary N) is 1. The van der Waals surface area contributed by atoms with Crippen molar-refractivity contribution in [3.05, 3.63) is 60.9 Å². The number of aryl methyl sites for hydroxylation is 1. The number of aliphatic hydroxyl groups excluding tert-OH is 1. The zero-order chi connectivity index (χ0) is 17.1. The van der Waals surface area contributed by atoms with Gasteiger partial charge in [0.15, 0.2) is 0 Å². The molecule has 0 spiro atoms. The molecule has 6 nitrogen and oxygen atoms in total. The minimum atomic E-state index is 0.164. The largest absolute Gasteiger partial charge is 0.457 e. The number of H-pyrrole nitrogens is 1. The highest BCUT2D eigenvalue weighted by Gasteiger charge is 2.06. The van der Waals surface area contributed by atoms with Crippen LogP contribution in [-0.4, -0.2) is 31.7 Å². The van der Waals surface area contributed by atoms with Crippen LogP contribution in [0, 0.1) is 0 Å². The summed E-state index contributed by atoms with van der Waals surface area (Å²) in [6.45, 7) is 0.867. The predicted molar refractivity (Wildman–Crippen MR) is 95.5 cm³/mol. The van der Waals surface area contributed by atoms with Crippen LogP contribution in [0.15, 0.2) is 60.9 Å². The first-order valence-corrected chi connectivity index (χ1v) is 8.17. The summed E-state index contributed by atoms with van der Waals surface area (Å²) in [5.74, 6) is 1.54. The van der Waals surface area contributed by atoms with Crippen LogP contribution in [0.3, 0.4) is 0 Å². The molecule has 0 aliphatic heterocycles. The second-order valence-electron chi connectivity index (χ2n) is 5.76. The minimum absolute atomic E-state index is 0.164. The summed E-state index contributed by atoms with van der Waals surface area (Å²) in [6, 6.07) is 15.7. The molecule has 0 atom stereocenters. The Labute approximate surface area is 144 Å². The van der Waals surface area contributed by atoms with Crippen molar-refractivity contribution in [3.63, 3.8) is 0 Å². The molecule has 0 amide bonds. The molecular weight excluding hydrogens is 316 g/mol. The zero-order valence-electron chi connectivity index (χ0n) is 13.6. The van der Waals surface area contributed by atoms with E-state index in [2.05, 4.69) is 15.3 Å². The van der Waals surface area contributed by atoms with E-state index in [1.165, 1.54) is 0 Å². The first-order valence-electron chi connectivity index (χ1n) is 8.17. The monoisotopic (exact) mass is 334 g/mol. The summed E-state index contributed by atoms with van der Waals surface area (Å²) in [4.78, 5) is 0. The lowest BCUT2D eigenvalue weighted by Crippen LogP contribution is -2.01. The molecule has 2 aromatic heterocycles. The van der Waals surface area contributed by atoms with Gasteiger partial charge in [-0.3, -0.25) is 9.78 Å². The van der Waals surface area contributed by atoms with Crippen molar-refractivity contribution in [1.29, 1.82) is 0 Å². The van der Waals surface area contributed by atoms with E-state index < -0.39 is 0 Å². The lowest BCUT2D eigenvalue weighted by atomic mass is 10.1. The SMILES string of the molecule is OCCCn1ncc2cc(Oc3ccc(-c4ccn[nH]4)cc3)ccc21. The molecule has 0 fully saturated rings. The van der Waals surface area contributed by atoms with Crippen LogP contribution in [0.2, 0.25) is 0 Å². The molecule has 0 aliphatic carbocycles. The normalized spacial score (nSPS) is 11.1. The van der Waals surface area contributed by atoms with E-state index in [1.54, 1.807) is 6.20 Å². The van der Waals surface area contributed by atoms with Gasteiger partial charge in [0.2, 0.25) is 0 Å². The Balaban J connectivity index is 1.52. The maximum atomic E-state index is 8.96. The molecule has 0 radical (unpaired) electrons. The number of fused-ring (bicyclic) bond motifs is 1. The smallest absolute Gasteiger partial charge is 0.128 e. The number of hydrogen-bond donors (Lipinski definition) is 2. The van der Waals surface area contributed by atoms with Gasteiger partial charge in [-0.1, -0.05) is 0 Å². The van der Waals surface area contributed by atoms with E-state index in [4.69, 9.17) is 9.84 Å². The Bertz CT molecular complexity index is 959. The Hall–Kier alpha value is -3.12. The van der Waals surface area contributed by atoms with Gasteiger partial charge in [-0.05, 0) is 60.5 Å².